The number of hydrogen-bond donors (Lipinski definition) is 1. The molecule has 0 aromatic heterocycles. The van der Waals surface area contributed by atoms with Crippen molar-refractivity contribution in [3.8, 4) is 0 Å². The van der Waals surface area contributed by atoms with Crippen LogP contribution >= 0.6 is 0 Å². The summed E-state index contributed by atoms with van der Waals surface area (Å²) in [6.07, 6.45) is 2.38. The molecule has 0 aliphatic carbocycles. The minimum absolute atomic E-state index is 0.419. The van der Waals surface area contributed by atoms with Gasteiger partial charge < -0.3 is 5.32 Å². The second kappa shape index (κ2) is 4.17. The second-order valence-electron chi connectivity index (χ2n) is 5.19. The summed E-state index contributed by atoms with van der Waals surface area (Å²) < 4.78 is 13.9. The molecule has 1 N–H and O–H groups in total. The second-order valence-corrected chi connectivity index (χ2v) is 5.19. The lowest BCUT2D eigenvalue weighted by Gasteiger charge is -2.20. The molecule has 0 amide bonds. The molecule has 2 heteroatoms. The van der Waals surface area contributed by atoms with Gasteiger partial charge >= 0.3 is 0 Å². The SMILES string of the molecule is Cc1ccc(C(C)(C)F)cc1C1CCCN1. The molecule has 1 aromatic rings. The van der Waals surface area contributed by atoms with Gasteiger partial charge in [-0.2, -0.15) is 0 Å². The Morgan fingerprint density at radius 1 is 1.38 bits per heavy atom. The molecule has 1 heterocycles. The van der Waals surface area contributed by atoms with E-state index in [-0.39, 0.29) is 0 Å². The maximum atomic E-state index is 13.9. The quantitative estimate of drug-likeness (QED) is 0.804. The van der Waals surface area contributed by atoms with Gasteiger partial charge in [0.25, 0.3) is 0 Å². The Hall–Kier alpha value is -0.890. The topological polar surface area (TPSA) is 12.0 Å². The first-order chi connectivity index (χ1) is 7.48. The van der Waals surface area contributed by atoms with Crippen LogP contribution in [0, 0.1) is 6.92 Å². The number of halogens is 1. The fraction of sp³-hybridized carbons (Fsp3) is 0.571. The van der Waals surface area contributed by atoms with Crippen LogP contribution in [0.3, 0.4) is 0 Å². The maximum absolute atomic E-state index is 13.9. The van der Waals surface area contributed by atoms with Gasteiger partial charge in [-0.25, -0.2) is 4.39 Å². The summed E-state index contributed by atoms with van der Waals surface area (Å²) in [7, 11) is 0. The van der Waals surface area contributed by atoms with Gasteiger partial charge in [0.1, 0.15) is 5.67 Å². The van der Waals surface area contributed by atoms with E-state index in [1.807, 2.05) is 18.2 Å². The van der Waals surface area contributed by atoms with E-state index in [1.165, 1.54) is 17.5 Å². The van der Waals surface area contributed by atoms with E-state index < -0.39 is 5.67 Å². The summed E-state index contributed by atoms with van der Waals surface area (Å²) in [5, 5.41) is 3.47. The number of hydrogen-bond acceptors (Lipinski definition) is 1. The maximum Gasteiger partial charge on any atom is 0.130 e. The number of rotatable bonds is 2. The van der Waals surface area contributed by atoms with Crippen molar-refractivity contribution in [1.29, 1.82) is 0 Å². The molecule has 0 bridgehead atoms. The van der Waals surface area contributed by atoms with Crippen LogP contribution in [0.2, 0.25) is 0 Å². The summed E-state index contributed by atoms with van der Waals surface area (Å²) >= 11 is 0. The van der Waals surface area contributed by atoms with Gasteiger partial charge in [0.2, 0.25) is 0 Å². The van der Waals surface area contributed by atoms with Crippen molar-refractivity contribution >= 4 is 0 Å². The molecule has 0 spiro atoms. The zero-order chi connectivity index (χ0) is 11.8. The number of benzene rings is 1. The highest BCUT2D eigenvalue weighted by molar-refractivity contribution is 5.36. The van der Waals surface area contributed by atoms with Crippen LogP contribution in [0.15, 0.2) is 18.2 Å². The van der Waals surface area contributed by atoms with Gasteiger partial charge in [-0.1, -0.05) is 18.2 Å². The monoisotopic (exact) mass is 221 g/mol. The molecule has 1 aromatic carbocycles. The Morgan fingerprint density at radius 2 is 2.12 bits per heavy atom. The highest BCUT2D eigenvalue weighted by atomic mass is 19.1. The van der Waals surface area contributed by atoms with Gasteiger partial charge in [-0.05, 0) is 56.8 Å². The van der Waals surface area contributed by atoms with Crippen molar-refractivity contribution in [3.05, 3.63) is 34.9 Å². The van der Waals surface area contributed by atoms with Crippen molar-refractivity contribution in [2.24, 2.45) is 0 Å². The predicted octanol–water partition coefficient (Wildman–Crippen LogP) is 3.62. The van der Waals surface area contributed by atoms with Crippen LogP contribution in [0.5, 0.6) is 0 Å². The molecule has 1 aliphatic rings. The first-order valence-electron chi connectivity index (χ1n) is 6.02. The summed E-state index contributed by atoms with van der Waals surface area (Å²) in [6.45, 7) is 6.41. The molecule has 1 atom stereocenters. The van der Waals surface area contributed by atoms with Crippen LogP contribution in [0.4, 0.5) is 4.39 Å². The molecular weight excluding hydrogens is 201 g/mol. The Bertz CT molecular complexity index is 373. The number of nitrogens with one attached hydrogen (secondary N) is 1. The molecule has 1 unspecified atom stereocenters. The highest BCUT2D eigenvalue weighted by Crippen LogP contribution is 2.31. The van der Waals surface area contributed by atoms with Crippen molar-refractivity contribution in [2.75, 3.05) is 6.54 Å². The molecule has 1 fully saturated rings. The Kier molecular flexibility index (Phi) is 3.02. The van der Waals surface area contributed by atoms with Crippen LogP contribution in [0.1, 0.15) is 49.4 Å². The third-order valence-electron chi connectivity index (χ3n) is 3.40. The Labute approximate surface area is 97.1 Å². The third kappa shape index (κ3) is 2.27. The Balaban J connectivity index is 2.36. The molecular formula is C14H20FN. The molecule has 1 nitrogen and oxygen atoms in total. The largest absolute Gasteiger partial charge is 0.310 e. The smallest absolute Gasteiger partial charge is 0.130 e. The first kappa shape index (κ1) is 11.6. The number of alkyl halides is 1. The van der Waals surface area contributed by atoms with Gasteiger partial charge in [-0.3, -0.25) is 0 Å². The van der Waals surface area contributed by atoms with E-state index in [0.29, 0.717) is 6.04 Å². The molecule has 0 radical (unpaired) electrons. The van der Waals surface area contributed by atoms with Gasteiger partial charge in [-0.15, -0.1) is 0 Å². The van der Waals surface area contributed by atoms with Crippen molar-refractivity contribution in [2.45, 2.75) is 45.3 Å². The molecule has 1 saturated heterocycles. The first-order valence-corrected chi connectivity index (χ1v) is 6.02. The fourth-order valence-electron chi connectivity index (χ4n) is 2.34. The van der Waals surface area contributed by atoms with Gasteiger partial charge in [0.05, 0.1) is 0 Å². The molecule has 1 aliphatic heterocycles. The molecule has 0 saturated carbocycles. The van der Waals surface area contributed by atoms with Crippen molar-refractivity contribution in [1.82, 2.24) is 5.32 Å². The zero-order valence-corrected chi connectivity index (χ0v) is 10.3. The van der Waals surface area contributed by atoms with E-state index in [2.05, 4.69) is 12.2 Å². The minimum atomic E-state index is -1.25. The lowest BCUT2D eigenvalue weighted by molar-refractivity contribution is 0.221. The standard InChI is InChI=1S/C14H20FN/c1-10-6-7-11(14(2,3)15)9-12(10)13-5-4-8-16-13/h6-7,9,13,16H,4-5,8H2,1-3H3. The van der Waals surface area contributed by atoms with Crippen molar-refractivity contribution in [3.63, 3.8) is 0 Å². The van der Waals surface area contributed by atoms with Crippen LogP contribution in [-0.4, -0.2) is 6.54 Å². The minimum Gasteiger partial charge on any atom is -0.310 e. The van der Waals surface area contributed by atoms with Gasteiger partial charge in [0, 0.05) is 6.04 Å². The lowest BCUT2D eigenvalue weighted by atomic mass is 9.92. The summed E-state index contributed by atoms with van der Waals surface area (Å²) in [5.41, 5.74) is 2.05. The summed E-state index contributed by atoms with van der Waals surface area (Å²) in [5.74, 6) is 0. The summed E-state index contributed by atoms with van der Waals surface area (Å²) in [4.78, 5) is 0. The van der Waals surface area contributed by atoms with E-state index >= 15 is 0 Å². The predicted molar refractivity (Wildman–Crippen MR) is 65.3 cm³/mol. The Morgan fingerprint density at radius 3 is 2.69 bits per heavy atom. The van der Waals surface area contributed by atoms with Crippen LogP contribution in [-0.2, 0) is 5.67 Å². The molecule has 16 heavy (non-hydrogen) atoms. The van der Waals surface area contributed by atoms with E-state index in [0.717, 1.165) is 18.5 Å². The highest BCUT2D eigenvalue weighted by Gasteiger charge is 2.23. The van der Waals surface area contributed by atoms with E-state index in [1.54, 1.807) is 13.8 Å². The average molecular weight is 221 g/mol. The van der Waals surface area contributed by atoms with Crippen LogP contribution < -0.4 is 5.32 Å². The van der Waals surface area contributed by atoms with Gasteiger partial charge in [0.15, 0.2) is 0 Å². The fourth-order valence-corrected chi connectivity index (χ4v) is 2.34. The normalized spacial score (nSPS) is 21.4. The zero-order valence-electron chi connectivity index (χ0n) is 10.3. The lowest BCUT2D eigenvalue weighted by Crippen LogP contribution is -2.16. The van der Waals surface area contributed by atoms with E-state index in [9.17, 15) is 4.39 Å². The number of aryl methyl sites for hydroxylation is 1. The van der Waals surface area contributed by atoms with E-state index in [4.69, 9.17) is 0 Å². The van der Waals surface area contributed by atoms with Crippen LogP contribution in [0.25, 0.3) is 0 Å². The third-order valence-corrected chi connectivity index (χ3v) is 3.40. The summed E-state index contributed by atoms with van der Waals surface area (Å²) in [6, 6.07) is 6.38. The average Bonchev–Trinajstić information content (AvgIpc) is 2.69. The molecule has 2 rings (SSSR count). The van der Waals surface area contributed by atoms with Crippen molar-refractivity contribution < 1.29 is 4.39 Å². The molecule has 88 valence electrons.